The van der Waals surface area contributed by atoms with Crippen molar-refractivity contribution in [3.63, 3.8) is 0 Å². The number of unbranched alkanes of at least 4 members (excludes halogenated alkanes) is 1. The molecule has 0 aliphatic heterocycles. The van der Waals surface area contributed by atoms with E-state index >= 15 is 0 Å². The lowest BCUT2D eigenvalue weighted by molar-refractivity contribution is 0.0597. The summed E-state index contributed by atoms with van der Waals surface area (Å²) in [4.78, 5) is 11.6. The first kappa shape index (κ1) is 17.4. The molecule has 0 fully saturated rings. The Morgan fingerprint density at radius 3 is 2.57 bits per heavy atom. The number of sulfonamides is 1. The summed E-state index contributed by atoms with van der Waals surface area (Å²) in [5, 5.41) is 0. The normalized spacial score (nSPS) is 11.2. The number of nitrogens with two attached hydrogens (primary N) is 1. The van der Waals surface area contributed by atoms with Gasteiger partial charge in [-0.25, -0.2) is 17.9 Å². The molecule has 0 aliphatic carbocycles. The first-order valence-electron chi connectivity index (χ1n) is 6.42. The highest BCUT2D eigenvalue weighted by Crippen LogP contribution is 2.23. The van der Waals surface area contributed by atoms with Crippen molar-refractivity contribution in [1.29, 1.82) is 0 Å². The summed E-state index contributed by atoms with van der Waals surface area (Å²) < 4.78 is 36.3. The van der Waals surface area contributed by atoms with Crippen LogP contribution in [0.2, 0.25) is 0 Å². The van der Waals surface area contributed by atoms with Crippen molar-refractivity contribution in [2.24, 2.45) is 5.73 Å². The maximum absolute atomic E-state index is 12.1. The number of benzene rings is 1. The molecule has 3 N–H and O–H groups in total. The van der Waals surface area contributed by atoms with Gasteiger partial charge in [0.1, 0.15) is 11.3 Å². The topological polar surface area (TPSA) is 108 Å². The van der Waals surface area contributed by atoms with Crippen molar-refractivity contribution in [3.8, 4) is 5.75 Å². The molecule has 0 atom stereocenters. The van der Waals surface area contributed by atoms with E-state index in [9.17, 15) is 13.2 Å². The number of nitrogens with one attached hydrogen (secondary N) is 1. The van der Waals surface area contributed by atoms with Gasteiger partial charge in [-0.3, -0.25) is 0 Å². The average molecular weight is 316 g/mol. The predicted molar refractivity (Wildman–Crippen MR) is 77.8 cm³/mol. The van der Waals surface area contributed by atoms with Crippen LogP contribution in [0.1, 0.15) is 23.2 Å². The van der Waals surface area contributed by atoms with Gasteiger partial charge in [0, 0.05) is 6.54 Å². The van der Waals surface area contributed by atoms with Gasteiger partial charge in [-0.2, -0.15) is 0 Å². The third-order valence-corrected chi connectivity index (χ3v) is 4.27. The van der Waals surface area contributed by atoms with Crippen LogP contribution in [0.4, 0.5) is 0 Å². The summed E-state index contributed by atoms with van der Waals surface area (Å²) >= 11 is 0. The fraction of sp³-hybridized carbons (Fsp3) is 0.462. The van der Waals surface area contributed by atoms with E-state index in [1.54, 1.807) is 0 Å². The molecule has 0 saturated heterocycles. The molecule has 0 aromatic heterocycles. The molecule has 1 rings (SSSR count). The van der Waals surface area contributed by atoms with E-state index in [2.05, 4.69) is 9.46 Å². The first-order chi connectivity index (χ1) is 9.96. The van der Waals surface area contributed by atoms with Gasteiger partial charge in [-0.05, 0) is 37.6 Å². The van der Waals surface area contributed by atoms with Crippen molar-refractivity contribution >= 4 is 16.0 Å². The minimum atomic E-state index is -3.68. The van der Waals surface area contributed by atoms with E-state index in [1.807, 2.05) is 0 Å². The Labute approximate surface area is 124 Å². The van der Waals surface area contributed by atoms with Crippen LogP contribution in [0, 0.1) is 0 Å². The van der Waals surface area contributed by atoms with Gasteiger partial charge >= 0.3 is 5.97 Å². The smallest absolute Gasteiger partial charge is 0.341 e. The molecule has 1 aromatic carbocycles. The molecule has 0 unspecified atom stereocenters. The molecule has 7 nitrogen and oxygen atoms in total. The summed E-state index contributed by atoms with van der Waals surface area (Å²) in [6, 6.07) is 4.02. The third-order valence-electron chi connectivity index (χ3n) is 2.81. The fourth-order valence-electron chi connectivity index (χ4n) is 1.68. The molecule has 1 aromatic rings. The number of hydrogen-bond donors (Lipinski definition) is 2. The van der Waals surface area contributed by atoms with Crippen molar-refractivity contribution in [2.45, 2.75) is 17.7 Å². The molecule has 0 radical (unpaired) electrons. The van der Waals surface area contributed by atoms with Gasteiger partial charge in [-0.15, -0.1) is 0 Å². The second-order valence-electron chi connectivity index (χ2n) is 4.25. The van der Waals surface area contributed by atoms with Crippen LogP contribution < -0.4 is 15.2 Å². The van der Waals surface area contributed by atoms with Crippen LogP contribution in [-0.4, -0.2) is 41.7 Å². The monoisotopic (exact) mass is 316 g/mol. The number of esters is 1. The Kier molecular flexibility index (Phi) is 6.60. The van der Waals surface area contributed by atoms with Crippen LogP contribution in [0.5, 0.6) is 5.75 Å². The lowest BCUT2D eigenvalue weighted by Crippen LogP contribution is -2.25. The summed E-state index contributed by atoms with van der Waals surface area (Å²) in [5.74, 6) is -0.407. The fourth-order valence-corrected chi connectivity index (χ4v) is 2.78. The van der Waals surface area contributed by atoms with Gasteiger partial charge in [-0.1, -0.05) is 0 Å². The lowest BCUT2D eigenvalue weighted by atomic mass is 10.2. The van der Waals surface area contributed by atoms with Gasteiger partial charge < -0.3 is 15.2 Å². The van der Waals surface area contributed by atoms with E-state index in [-0.39, 0.29) is 16.2 Å². The standard InChI is InChI=1S/C13H20N2O5S/c1-19-12-6-5-10(9-11(12)13(16)20-2)21(17,18)15-8-4-3-7-14/h5-6,9,15H,3-4,7-8,14H2,1-2H3. The van der Waals surface area contributed by atoms with E-state index in [0.717, 1.165) is 6.42 Å². The molecule has 0 spiro atoms. The number of methoxy groups -OCH3 is 2. The van der Waals surface area contributed by atoms with Crippen LogP contribution in [-0.2, 0) is 14.8 Å². The molecule has 0 aliphatic rings. The Hall–Kier alpha value is -1.64. The average Bonchev–Trinajstić information content (AvgIpc) is 2.50. The SMILES string of the molecule is COC(=O)c1cc(S(=O)(=O)NCCCCN)ccc1OC. The summed E-state index contributed by atoms with van der Waals surface area (Å²) in [7, 11) is -1.08. The first-order valence-corrected chi connectivity index (χ1v) is 7.90. The number of carbonyl (C=O) groups excluding carboxylic acids is 1. The second-order valence-corrected chi connectivity index (χ2v) is 6.01. The van der Waals surface area contributed by atoms with E-state index in [1.165, 1.54) is 32.4 Å². The molecular formula is C13H20N2O5S. The van der Waals surface area contributed by atoms with Gasteiger partial charge in [0.2, 0.25) is 10.0 Å². The number of ether oxygens (including phenoxy) is 2. The predicted octanol–water partition coefficient (Wildman–Crippen LogP) is 0.499. The highest BCUT2D eigenvalue weighted by atomic mass is 32.2. The quantitative estimate of drug-likeness (QED) is 0.534. The number of rotatable bonds is 8. The summed E-state index contributed by atoms with van der Waals surface area (Å²) in [6.07, 6.45) is 1.38. The molecule has 0 bridgehead atoms. The highest BCUT2D eigenvalue weighted by Gasteiger charge is 2.19. The van der Waals surface area contributed by atoms with Gasteiger partial charge in [0.15, 0.2) is 0 Å². The Morgan fingerprint density at radius 2 is 2.00 bits per heavy atom. The van der Waals surface area contributed by atoms with Crippen LogP contribution in [0.15, 0.2) is 23.1 Å². The van der Waals surface area contributed by atoms with Gasteiger partial charge in [0.05, 0.1) is 19.1 Å². The molecule has 118 valence electrons. The second kappa shape index (κ2) is 7.96. The van der Waals surface area contributed by atoms with Gasteiger partial charge in [0.25, 0.3) is 0 Å². The summed E-state index contributed by atoms with van der Waals surface area (Å²) in [6.45, 7) is 0.801. The molecule has 0 saturated carbocycles. The van der Waals surface area contributed by atoms with Crippen LogP contribution in [0.25, 0.3) is 0 Å². The lowest BCUT2D eigenvalue weighted by Gasteiger charge is -2.10. The summed E-state index contributed by atoms with van der Waals surface area (Å²) in [5.41, 5.74) is 5.41. The number of hydrogen-bond acceptors (Lipinski definition) is 6. The van der Waals surface area contributed by atoms with Crippen molar-refractivity contribution in [3.05, 3.63) is 23.8 Å². The van der Waals surface area contributed by atoms with E-state index in [4.69, 9.17) is 10.5 Å². The molecule has 8 heteroatoms. The maximum Gasteiger partial charge on any atom is 0.341 e. The Bertz CT molecular complexity index is 586. The molecular weight excluding hydrogens is 296 g/mol. The zero-order valence-corrected chi connectivity index (χ0v) is 12.9. The molecule has 21 heavy (non-hydrogen) atoms. The largest absolute Gasteiger partial charge is 0.496 e. The van der Waals surface area contributed by atoms with E-state index in [0.29, 0.717) is 19.5 Å². The molecule has 0 heterocycles. The van der Waals surface area contributed by atoms with Crippen LogP contribution >= 0.6 is 0 Å². The Morgan fingerprint density at radius 1 is 1.29 bits per heavy atom. The third kappa shape index (κ3) is 4.69. The minimum absolute atomic E-state index is 0.0172. The Balaban J connectivity index is 2.99. The highest BCUT2D eigenvalue weighted by molar-refractivity contribution is 7.89. The van der Waals surface area contributed by atoms with Crippen molar-refractivity contribution in [1.82, 2.24) is 4.72 Å². The van der Waals surface area contributed by atoms with Crippen molar-refractivity contribution in [2.75, 3.05) is 27.3 Å². The molecule has 0 amide bonds. The van der Waals surface area contributed by atoms with Crippen molar-refractivity contribution < 1.29 is 22.7 Å². The van der Waals surface area contributed by atoms with E-state index < -0.39 is 16.0 Å². The number of carbonyl (C=O) groups is 1. The maximum atomic E-state index is 12.1. The zero-order chi connectivity index (χ0) is 15.9. The zero-order valence-electron chi connectivity index (χ0n) is 12.1. The van der Waals surface area contributed by atoms with Crippen LogP contribution in [0.3, 0.4) is 0 Å². The minimum Gasteiger partial charge on any atom is -0.496 e.